The molecule has 1 aromatic carbocycles. The number of azo groups is 1. The second-order valence-electron chi connectivity index (χ2n) is 6.70. The first kappa shape index (κ1) is 21.1. The van der Waals surface area contributed by atoms with Crippen molar-refractivity contribution in [2.75, 3.05) is 5.32 Å². The minimum Gasteiger partial charge on any atom is -0.492 e. The summed E-state index contributed by atoms with van der Waals surface area (Å²) in [4.78, 5) is 32.0. The van der Waals surface area contributed by atoms with Crippen LogP contribution < -0.4 is 10.9 Å². The van der Waals surface area contributed by atoms with Crippen LogP contribution in [0.25, 0.3) is 11.6 Å². The highest BCUT2D eigenvalue weighted by molar-refractivity contribution is 5.88. The quantitative estimate of drug-likeness (QED) is 0.444. The summed E-state index contributed by atoms with van der Waals surface area (Å²) in [6.45, 7) is 1.39. The smallest absolute Gasteiger partial charge is 0.298 e. The van der Waals surface area contributed by atoms with Gasteiger partial charge in [-0.15, -0.1) is 10.2 Å². The Morgan fingerprint density at radius 1 is 1.18 bits per heavy atom. The van der Waals surface area contributed by atoms with Gasteiger partial charge in [0.05, 0.1) is 11.9 Å². The van der Waals surface area contributed by atoms with Gasteiger partial charge in [-0.25, -0.2) is 19.3 Å². The van der Waals surface area contributed by atoms with Crippen LogP contribution in [0.2, 0.25) is 0 Å². The molecule has 13 nitrogen and oxygen atoms in total. The average molecular weight is 444 g/mol. The van der Waals surface area contributed by atoms with Crippen molar-refractivity contribution in [3.63, 3.8) is 0 Å². The van der Waals surface area contributed by atoms with Crippen LogP contribution in [0, 0.1) is 11.3 Å². The van der Waals surface area contributed by atoms with Crippen molar-refractivity contribution in [1.29, 1.82) is 5.26 Å². The summed E-state index contributed by atoms with van der Waals surface area (Å²) in [6.07, 6.45) is 4.26. The molecule has 0 saturated heterocycles. The SMILES string of the molecule is CC(=O)Nc1ccc(-n2c(O)c(N=Nc3c(C#N)cnn3-c3ncccn3)c(=O)n2C)cc1. The van der Waals surface area contributed by atoms with Crippen LogP contribution >= 0.6 is 0 Å². The first-order valence-electron chi connectivity index (χ1n) is 9.47. The molecule has 0 aliphatic heterocycles. The Bertz CT molecular complexity index is 1460. The molecule has 1 amide bonds. The fourth-order valence-corrected chi connectivity index (χ4v) is 3.02. The van der Waals surface area contributed by atoms with Gasteiger partial charge < -0.3 is 10.4 Å². The lowest BCUT2D eigenvalue weighted by atomic mass is 10.3. The van der Waals surface area contributed by atoms with Crippen LogP contribution in [0.4, 0.5) is 17.2 Å². The number of aromatic nitrogens is 6. The predicted octanol–water partition coefficient (Wildman–Crippen LogP) is 2.10. The lowest BCUT2D eigenvalue weighted by molar-refractivity contribution is -0.114. The summed E-state index contributed by atoms with van der Waals surface area (Å²) in [7, 11) is 1.45. The number of carbonyl (C=O) groups is 1. The number of benzene rings is 1. The molecule has 0 saturated carbocycles. The summed E-state index contributed by atoms with van der Waals surface area (Å²) in [5.74, 6) is -0.530. The highest BCUT2D eigenvalue weighted by Crippen LogP contribution is 2.29. The zero-order valence-electron chi connectivity index (χ0n) is 17.4. The van der Waals surface area contributed by atoms with Crippen LogP contribution in [-0.2, 0) is 11.8 Å². The third-order valence-electron chi connectivity index (χ3n) is 4.49. The van der Waals surface area contributed by atoms with E-state index in [1.165, 1.54) is 41.9 Å². The Labute approximate surface area is 185 Å². The molecular formula is C20H16N10O3. The van der Waals surface area contributed by atoms with Crippen molar-refractivity contribution in [3.8, 4) is 23.6 Å². The molecule has 33 heavy (non-hydrogen) atoms. The van der Waals surface area contributed by atoms with Crippen LogP contribution in [-0.4, -0.2) is 40.1 Å². The molecule has 3 aromatic heterocycles. The van der Waals surface area contributed by atoms with Gasteiger partial charge in [0.1, 0.15) is 11.6 Å². The molecule has 2 N–H and O–H groups in total. The second kappa shape index (κ2) is 8.55. The van der Waals surface area contributed by atoms with Gasteiger partial charge in [0.2, 0.25) is 17.5 Å². The number of hydrogen-bond acceptors (Lipinski definition) is 9. The van der Waals surface area contributed by atoms with Gasteiger partial charge in [-0.3, -0.25) is 9.59 Å². The lowest BCUT2D eigenvalue weighted by Gasteiger charge is -2.09. The summed E-state index contributed by atoms with van der Waals surface area (Å²) in [5, 5.41) is 34.7. The Hall–Kier alpha value is -5.12. The van der Waals surface area contributed by atoms with E-state index in [0.717, 1.165) is 4.68 Å². The Morgan fingerprint density at radius 2 is 1.88 bits per heavy atom. The molecule has 164 valence electrons. The van der Waals surface area contributed by atoms with Gasteiger partial charge in [0, 0.05) is 32.1 Å². The molecular weight excluding hydrogens is 428 g/mol. The summed E-state index contributed by atoms with van der Waals surface area (Å²) in [6, 6.07) is 10.0. The number of amides is 1. The van der Waals surface area contributed by atoms with Crippen molar-refractivity contribution in [2.24, 2.45) is 17.3 Å². The molecule has 4 rings (SSSR count). The molecule has 0 radical (unpaired) electrons. The first-order chi connectivity index (χ1) is 15.9. The van der Waals surface area contributed by atoms with Crippen molar-refractivity contribution in [1.82, 2.24) is 29.1 Å². The van der Waals surface area contributed by atoms with Crippen LogP contribution in [0.3, 0.4) is 0 Å². The van der Waals surface area contributed by atoms with Gasteiger partial charge in [0.15, 0.2) is 5.82 Å². The third kappa shape index (κ3) is 3.95. The lowest BCUT2D eigenvalue weighted by Crippen LogP contribution is -2.17. The van der Waals surface area contributed by atoms with Gasteiger partial charge in [-0.05, 0) is 30.3 Å². The van der Waals surface area contributed by atoms with Crippen molar-refractivity contribution in [2.45, 2.75) is 6.92 Å². The summed E-state index contributed by atoms with van der Waals surface area (Å²) >= 11 is 0. The van der Waals surface area contributed by atoms with E-state index in [4.69, 9.17) is 0 Å². The van der Waals surface area contributed by atoms with E-state index in [0.29, 0.717) is 11.4 Å². The zero-order chi connectivity index (χ0) is 23.5. The second-order valence-corrected chi connectivity index (χ2v) is 6.70. The van der Waals surface area contributed by atoms with E-state index in [-0.39, 0.29) is 28.9 Å². The van der Waals surface area contributed by atoms with E-state index in [2.05, 4.69) is 30.6 Å². The summed E-state index contributed by atoms with van der Waals surface area (Å²) < 4.78 is 3.58. The molecule has 0 atom stereocenters. The molecule has 0 aliphatic carbocycles. The number of aromatic hydroxyl groups is 1. The number of rotatable bonds is 5. The predicted molar refractivity (Wildman–Crippen MR) is 115 cm³/mol. The Kier molecular flexibility index (Phi) is 5.48. The average Bonchev–Trinajstić information content (AvgIpc) is 3.31. The first-order valence-corrected chi connectivity index (χ1v) is 9.47. The number of nitriles is 1. The van der Waals surface area contributed by atoms with Crippen molar-refractivity contribution < 1.29 is 9.90 Å². The maximum absolute atomic E-state index is 12.7. The Balaban J connectivity index is 1.74. The molecule has 0 spiro atoms. The minimum absolute atomic E-state index is 0.00226. The van der Waals surface area contributed by atoms with Crippen LogP contribution in [0.5, 0.6) is 5.88 Å². The van der Waals surface area contributed by atoms with Crippen molar-refractivity contribution >= 4 is 23.1 Å². The standard InChI is InChI=1S/C20H16N10O3/c1-12(31)25-14-4-6-15(7-5-14)30-19(33)16(18(32)28(30)2)26-27-17-13(10-21)11-24-29(17)20-22-8-3-9-23-20/h3-9,11,33H,1-2H3,(H,25,31). The number of nitrogens with zero attached hydrogens (tertiary/aromatic N) is 9. The fourth-order valence-electron chi connectivity index (χ4n) is 3.02. The molecule has 0 fully saturated rings. The maximum atomic E-state index is 12.7. The zero-order valence-corrected chi connectivity index (χ0v) is 17.4. The number of hydrogen-bond donors (Lipinski definition) is 2. The van der Waals surface area contributed by atoms with Crippen molar-refractivity contribution in [3.05, 3.63) is 64.8 Å². The van der Waals surface area contributed by atoms with Gasteiger partial charge in [-0.1, -0.05) is 0 Å². The molecule has 0 aliphatic rings. The topological polar surface area (TPSA) is 168 Å². The molecule has 0 bridgehead atoms. The number of carbonyl (C=O) groups excluding carboxylic acids is 1. The molecule has 13 heteroatoms. The van der Waals surface area contributed by atoms with Crippen LogP contribution in [0.1, 0.15) is 12.5 Å². The largest absolute Gasteiger partial charge is 0.492 e. The molecule has 3 heterocycles. The van der Waals surface area contributed by atoms with E-state index in [1.54, 1.807) is 30.3 Å². The third-order valence-corrected chi connectivity index (χ3v) is 4.49. The van der Waals surface area contributed by atoms with E-state index in [1.807, 2.05) is 6.07 Å². The van der Waals surface area contributed by atoms with E-state index >= 15 is 0 Å². The number of nitrogens with one attached hydrogen (secondary N) is 1. The van der Waals surface area contributed by atoms with Gasteiger partial charge >= 0.3 is 0 Å². The fraction of sp³-hybridized carbons (Fsp3) is 0.100. The number of anilines is 1. The normalized spacial score (nSPS) is 10.9. The van der Waals surface area contributed by atoms with E-state index in [9.17, 15) is 20.0 Å². The maximum Gasteiger partial charge on any atom is 0.298 e. The van der Waals surface area contributed by atoms with E-state index < -0.39 is 11.4 Å². The van der Waals surface area contributed by atoms with Gasteiger partial charge in [0.25, 0.3) is 11.5 Å². The molecule has 4 aromatic rings. The highest BCUT2D eigenvalue weighted by Gasteiger charge is 2.20. The van der Waals surface area contributed by atoms with Crippen LogP contribution in [0.15, 0.2) is 63.9 Å². The highest BCUT2D eigenvalue weighted by atomic mass is 16.3. The monoisotopic (exact) mass is 444 g/mol. The molecule has 0 unspecified atom stereocenters. The Morgan fingerprint density at radius 3 is 2.52 bits per heavy atom. The van der Waals surface area contributed by atoms with Gasteiger partial charge in [-0.2, -0.15) is 15.0 Å². The summed E-state index contributed by atoms with van der Waals surface area (Å²) in [5.41, 5.74) is 0.124. The minimum atomic E-state index is -0.622.